The summed E-state index contributed by atoms with van der Waals surface area (Å²) in [6.07, 6.45) is 0. The summed E-state index contributed by atoms with van der Waals surface area (Å²) in [7, 11) is -3.91. The number of thiophene rings is 1. The predicted molar refractivity (Wildman–Crippen MR) is 137 cm³/mol. The summed E-state index contributed by atoms with van der Waals surface area (Å²) in [6, 6.07) is 15.2. The van der Waals surface area contributed by atoms with E-state index < -0.39 is 16.0 Å². The Morgan fingerprint density at radius 1 is 1.09 bits per heavy atom. The molecule has 0 bridgehead atoms. The van der Waals surface area contributed by atoms with Gasteiger partial charge in [-0.15, -0.1) is 15.3 Å². The van der Waals surface area contributed by atoms with Crippen LogP contribution in [0.5, 0.6) is 0 Å². The lowest BCUT2D eigenvalue weighted by Gasteiger charge is -2.07. The van der Waals surface area contributed by atoms with Gasteiger partial charge in [-0.05, 0) is 62.4 Å². The Morgan fingerprint density at radius 2 is 1.77 bits per heavy atom. The van der Waals surface area contributed by atoms with Crippen LogP contribution in [0.15, 0.2) is 64.6 Å². The van der Waals surface area contributed by atoms with Gasteiger partial charge in [0.1, 0.15) is 9.90 Å². The smallest absolute Gasteiger partial charge is 0.341 e. The number of thioether (sulfide) groups is 1. The van der Waals surface area contributed by atoms with Crippen molar-refractivity contribution in [3.63, 3.8) is 0 Å². The number of benzene rings is 2. The minimum absolute atomic E-state index is 0.0740. The number of aromatic amines is 1. The number of imidazole rings is 1. The van der Waals surface area contributed by atoms with Crippen LogP contribution in [0.4, 0.5) is 5.00 Å². The molecule has 0 atom stereocenters. The molecular formula is C24H24N3O5S3+. The van der Waals surface area contributed by atoms with Crippen LogP contribution in [0.1, 0.15) is 27.7 Å². The van der Waals surface area contributed by atoms with Gasteiger partial charge in [0, 0.05) is 4.88 Å². The number of aryl methyl sites for hydroxylation is 1. The molecule has 0 radical (unpaired) electrons. The third-order valence-electron chi connectivity index (χ3n) is 5.29. The first-order chi connectivity index (χ1) is 16.7. The number of fused-ring (bicyclic) bond motifs is 1. The molecule has 0 spiro atoms. The number of hydrogen-bond donors (Lipinski definition) is 2. The summed E-state index contributed by atoms with van der Waals surface area (Å²) in [5.74, 6) is -0.932. The summed E-state index contributed by atoms with van der Waals surface area (Å²) in [5, 5.41) is 3.51. The zero-order valence-corrected chi connectivity index (χ0v) is 21.8. The number of ether oxygens (including phenoxy) is 1. The highest BCUT2D eigenvalue weighted by atomic mass is 32.2. The number of aromatic nitrogens is 2. The molecule has 0 unspecified atom stereocenters. The Hall–Kier alpha value is -3.15. The number of para-hydroxylation sites is 2. The van der Waals surface area contributed by atoms with Gasteiger partial charge in [-0.2, -0.15) is 8.42 Å². The standard InChI is InChI=1S/C24H23N3O5S3/c1-4-32-23(29)21-15(2)16(3)34-22(21)26-20(28)14-33-24-25-18-12-8-9-13-19(18)27(24)35(30,31)17-10-6-5-7-11-17/h5-13H,4,14H2,1-3H3,(H,26,28,29)/p+1. The maximum atomic E-state index is 13.5. The highest BCUT2D eigenvalue weighted by molar-refractivity contribution is 8.00. The number of carbonyl (C=O) groups excluding carboxylic acids is 2. The van der Waals surface area contributed by atoms with Crippen molar-refractivity contribution in [2.45, 2.75) is 30.8 Å². The lowest BCUT2D eigenvalue weighted by atomic mass is 10.1. The number of nitrogens with one attached hydrogen (secondary N) is 2. The van der Waals surface area contributed by atoms with Gasteiger partial charge in [-0.25, -0.2) is 9.78 Å². The summed E-state index contributed by atoms with van der Waals surface area (Å²) >= 11 is 2.36. The molecule has 4 aromatic rings. The van der Waals surface area contributed by atoms with Crippen LogP contribution in [0.25, 0.3) is 11.0 Å². The van der Waals surface area contributed by atoms with Gasteiger partial charge >= 0.3 is 21.1 Å². The maximum Gasteiger partial charge on any atom is 0.341 e. The van der Waals surface area contributed by atoms with Crippen LogP contribution in [0.2, 0.25) is 0 Å². The largest absolute Gasteiger partial charge is 0.462 e. The van der Waals surface area contributed by atoms with Crippen molar-refractivity contribution in [1.29, 1.82) is 0 Å². The second kappa shape index (κ2) is 10.2. The van der Waals surface area contributed by atoms with Crippen molar-refractivity contribution in [3.05, 3.63) is 70.6 Å². The van der Waals surface area contributed by atoms with Crippen LogP contribution >= 0.6 is 23.1 Å². The normalized spacial score (nSPS) is 11.5. The maximum absolute atomic E-state index is 13.5. The fraction of sp³-hybridized carbons (Fsp3) is 0.208. The third-order valence-corrected chi connectivity index (χ3v) is 9.22. The SMILES string of the molecule is CCOC(=O)c1c(NC(=O)CSc2[nH]c3ccccc3[n+]2S(=O)(=O)c2ccccc2)sc(C)c1C. The molecule has 182 valence electrons. The van der Waals surface area contributed by atoms with E-state index >= 15 is 0 Å². The van der Waals surface area contributed by atoms with Gasteiger partial charge < -0.3 is 10.1 Å². The van der Waals surface area contributed by atoms with E-state index in [-0.39, 0.29) is 23.2 Å². The molecule has 2 heterocycles. The first-order valence-corrected chi connectivity index (χ1v) is 14.0. The molecule has 2 aromatic carbocycles. The monoisotopic (exact) mass is 530 g/mol. The Morgan fingerprint density at radius 3 is 2.49 bits per heavy atom. The zero-order chi connectivity index (χ0) is 25.2. The summed E-state index contributed by atoms with van der Waals surface area (Å²) < 4.78 is 33.3. The molecule has 0 aliphatic carbocycles. The molecule has 0 aliphatic rings. The minimum atomic E-state index is -3.91. The second-order valence-corrected chi connectivity index (χ2v) is 11.5. The van der Waals surface area contributed by atoms with Gasteiger partial charge in [0.05, 0.1) is 17.9 Å². The van der Waals surface area contributed by atoms with E-state index in [2.05, 4.69) is 10.3 Å². The highest BCUT2D eigenvalue weighted by Crippen LogP contribution is 2.33. The lowest BCUT2D eigenvalue weighted by molar-refractivity contribution is -0.526. The Bertz CT molecular complexity index is 1510. The fourth-order valence-corrected chi connectivity index (χ4v) is 7.17. The van der Waals surface area contributed by atoms with E-state index in [1.807, 2.05) is 13.8 Å². The Labute approximate surface area is 211 Å². The third kappa shape index (κ3) is 4.97. The molecule has 0 fully saturated rings. The molecule has 0 aliphatic heterocycles. The first-order valence-electron chi connectivity index (χ1n) is 10.8. The van der Waals surface area contributed by atoms with Gasteiger partial charge in [0.15, 0.2) is 11.0 Å². The number of H-pyrrole nitrogens is 1. The molecule has 4 rings (SSSR count). The summed E-state index contributed by atoms with van der Waals surface area (Å²) in [6.45, 7) is 5.63. The lowest BCUT2D eigenvalue weighted by Crippen LogP contribution is -2.44. The van der Waals surface area contributed by atoms with E-state index in [0.29, 0.717) is 26.8 Å². The summed E-state index contributed by atoms with van der Waals surface area (Å²) in [4.78, 5) is 29.4. The fourth-order valence-electron chi connectivity index (χ4n) is 3.52. The average Bonchev–Trinajstić information content (AvgIpc) is 3.35. The van der Waals surface area contributed by atoms with Crippen LogP contribution in [-0.2, 0) is 19.6 Å². The second-order valence-electron chi connectivity index (χ2n) is 7.57. The van der Waals surface area contributed by atoms with Crippen molar-refractivity contribution < 1.29 is 26.7 Å². The first kappa shape index (κ1) is 25.0. The van der Waals surface area contributed by atoms with Crippen LogP contribution in [0.3, 0.4) is 0 Å². The van der Waals surface area contributed by atoms with Crippen molar-refractivity contribution in [2.75, 3.05) is 17.7 Å². The van der Waals surface area contributed by atoms with Gasteiger partial charge in [0.25, 0.3) is 0 Å². The number of hydrogen-bond acceptors (Lipinski definition) is 7. The molecule has 2 aromatic heterocycles. The average molecular weight is 531 g/mol. The van der Waals surface area contributed by atoms with Crippen molar-refractivity contribution >= 4 is 61.0 Å². The number of amides is 1. The molecule has 2 N–H and O–H groups in total. The summed E-state index contributed by atoms with van der Waals surface area (Å²) in [5.41, 5.74) is 2.22. The number of esters is 1. The minimum Gasteiger partial charge on any atom is -0.462 e. The number of carbonyl (C=O) groups is 2. The molecule has 11 heteroatoms. The van der Waals surface area contributed by atoms with E-state index in [1.54, 1.807) is 49.4 Å². The Kier molecular flexibility index (Phi) is 7.29. The van der Waals surface area contributed by atoms with E-state index in [4.69, 9.17) is 4.74 Å². The van der Waals surface area contributed by atoms with E-state index in [9.17, 15) is 18.0 Å². The molecule has 1 amide bonds. The van der Waals surface area contributed by atoms with Crippen molar-refractivity contribution in [1.82, 2.24) is 4.98 Å². The molecule has 8 nitrogen and oxygen atoms in total. The van der Waals surface area contributed by atoms with Gasteiger partial charge in [-0.3, -0.25) is 4.79 Å². The van der Waals surface area contributed by atoms with Crippen LogP contribution < -0.4 is 9.29 Å². The van der Waals surface area contributed by atoms with Crippen LogP contribution in [0, 0.1) is 13.8 Å². The van der Waals surface area contributed by atoms with Crippen LogP contribution in [-0.4, -0.2) is 37.6 Å². The molecule has 0 saturated heterocycles. The Balaban J connectivity index is 1.62. The highest BCUT2D eigenvalue weighted by Gasteiger charge is 2.32. The quantitative estimate of drug-likeness (QED) is 0.200. The number of anilines is 1. The number of rotatable bonds is 8. The van der Waals surface area contributed by atoms with Gasteiger partial charge in [0.2, 0.25) is 5.91 Å². The van der Waals surface area contributed by atoms with E-state index in [1.165, 1.54) is 27.4 Å². The topological polar surface area (TPSA) is 109 Å². The predicted octanol–water partition coefficient (Wildman–Crippen LogP) is 4.28. The van der Waals surface area contributed by atoms with E-state index in [0.717, 1.165) is 22.2 Å². The van der Waals surface area contributed by atoms with Crippen molar-refractivity contribution in [2.24, 2.45) is 0 Å². The zero-order valence-electron chi connectivity index (χ0n) is 19.3. The molecular weight excluding hydrogens is 506 g/mol. The van der Waals surface area contributed by atoms with Crippen molar-refractivity contribution in [3.8, 4) is 0 Å². The molecule has 35 heavy (non-hydrogen) atoms. The van der Waals surface area contributed by atoms with Gasteiger partial charge in [-0.1, -0.05) is 30.3 Å². The number of nitrogens with zero attached hydrogens (tertiary/aromatic N) is 1. The molecule has 0 saturated carbocycles.